The lowest BCUT2D eigenvalue weighted by Crippen LogP contribution is -2.22. The highest BCUT2D eigenvalue weighted by atomic mass is 14.9. The topological polar surface area (TPSA) is 12.0 Å². The van der Waals surface area contributed by atoms with Gasteiger partial charge in [-0.2, -0.15) is 0 Å². The van der Waals surface area contributed by atoms with Crippen molar-refractivity contribution in [3.05, 3.63) is 35.4 Å². The fourth-order valence-electron chi connectivity index (χ4n) is 2.38. The molecule has 1 unspecified atom stereocenters. The molecule has 1 N–H and O–H groups in total. The van der Waals surface area contributed by atoms with Crippen molar-refractivity contribution in [2.75, 3.05) is 6.54 Å². The second kappa shape index (κ2) is 9.14. The molecule has 1 atom stereocenters. The molecule has 0 saturated carbocycles. The van der Waals surface area contributed by atoms with Gasteiger partial charge in [-0.3, -0.25) is 0 Å². The molecule has 0 fully saturated rings. The highest BCUT2D eigenvalue weighted by Gasteiger charge is 2.05. The van der Waals surface area contributed by atoms with E-state index >= 15 is 0 Å². The third-order valence-electron chi connectivity index (χ3n) is 3.95. The molecule has 0 spiro atoms. The number of nitrogens with one attached hydrogen (secondary N) is 1. The van der Waals surface area contributed by atoms with E-state index in [4.69, 9.17) is 0 Å². The van der Waals surface area contributed by atoms with Crippen molar-refractivity contribution in [1.82, 2.24) is 5.32 Å². The Morgan fingerprint density at radius 2 is 1.74 bits per heavy atom. The molecule has 0 aliphatic heterocycles. The van der Waals surface area contributed by atoms with E-state index in [2.05, 4.69) is 57.3 Å². The molecule has 0 aliphatic rings. The minimum absolute atomic E-state index is 0.625. The molecule has 19 heavy (non-hydrogen) atoms. The summed E-state index contributed by atoms with van der Waals surface area (Å²) in [7, 11) is 0. The molecule has 0 amide bonds. The number of unbranched alkanes of at least 4 members (excludes halogenated alkanes) is 1. The fourth-order valence-corrected chi connectivity index (χ4v) is 2.38. The van der Waals surface area contributed by atoms with Gasteiger partial charge >= 0.3 is 0 Å². The van der Waals surface area contributed by atoms with Gasteiger partial charge in [0, 0.05) is 6.54 Å². The Bertz CT molecular complexity index is 326. The zero-order valence-corrected chi connectivity index (χ0v) is 13.2. The Morgan fingerprint density at radius 3 is 2.26 bits per heavy atom. The van der Waals surface area contributed by atoms with E-state index in [0.717, 1.165) is 19.0 Å². The molecule has 108 valence electrons. The van der Waals surface area contributed by atoms with Gasteiger partial charge in [0.05, 0.1) is 0 Å². The van der Waals surface area contributed by atoms with Crippen LogP contribution in [0.2, 0.25) is 0 Å². The van der Waals surface area contributed by atoms with E-state index in [1.165, 1.54) is 36.8 Å². The smallest absolute Gasteiger partial charge is 0.0205 e. The van der Waals surface area contributed by atoms with Crippen molar-refractivity contribution < 1.29 is 0 Å². The van der Waals surface area contributed by atoms with E-state index < -0.39 is 0 Å². The maximum Gasteiger partial charge on any atom is 0.0205 e. The van der Waals surface area contributed by atoms with E-state index in [1.54, 1.807) is 0 Å². The summed E-state index contributed by atoms with van der Waals surface area (Å²) in [6, 6.07) is 9.04. The van der Waals surface area contributed by atoms with Crippen molar-refractivity contribution in [3.63, 3.8) is 0 Å². The predicted octanol–water partition coefficient (Wildman–Crippen LogP) is 5.12. The van der Waals surface area contributed by atoms with E-state index in [9.17, 15) is 0 Å². The minimum atomic E-state index is 0.625. The summed E-state index contributed by atoms with van der Waals surface area (Å²) in [5.41, 5.74) is 2.83. The first-order chi connectivity index (χ1) is 9.17. The zero-order chi connectivity index (χ0) is 14.1. The molecular weight excluding hydrogens is 230 g/mol. The van der Waals surface area contributed by atoms with Crippen LogP contribution in [0.15, 0.2) is 24.3 Å². The van der Waals surface area contributed by atoms with Crippen LogP contribution in [-0.2, 0) is 6.54 Å². The lowest BCUT2D eigenvalue weighted by molar-refractivity contribution is 0.419. The average molecular weight is 261 g/mol. The maximum atomic E-state index is 3.61. The third kappa shape index (κ3) is 6.24. The number of rotatable bonds is 9. The quantitative estimate of drug-likeness (QED) is 0.651. The molecule has 1 aromatic carbocycles. The molecule has 0 saturated heterocycles. The van der Waals surface area contributed by atoms with E-state index in [-0.39, 0.29) is 0 Å². The van der Waals surface area contributed by atoms with Crippen LogP contribution in [0.1, 0.15) is 70.4 Å². The molecule has 1 aromatic rings. The van der Waals surface area contributed by atoms with Gasteiger partial charge in [-0.1, -0.05) is 71.2 Å². The Balaban J connectivity index is 2.31. The largest absolute Gasteiger partial charge is 0.312 e. The van der Waals surface area contributed by atoms with Crippen molar-refractivity contribution in [2.45, 2.75) is 65.8 Å². The monoisotopic (exact) mass is 261 g/mol. The Labute approximate surface area is 119 Å². The van der Waals surface area contributed by atoms with Crippen molar-refractivity contribution >= 4 is 0 Å². The van der Waals surface area contributed by atoms with Crippen LogP contribution in [0.3, 0.4) is 0 Å². The van der Waals surface area contributed by atoms with Gasteiger partial charge in [0.1, 0.15) is 0 Å². The number of benzene rings is 1. The van der Waals surface area contributed by atoms with Gasteiger partial charge in [0.25, 0.3) is 0 Å². The normalized spacial score (nSPS) is 12.9. The first-order valence-corrected chi connectivity index (χ1v) is 7.96. The Hall–Kier alpha value is -0.820. The Kier molecular flexibility index (Phi) is 7.81. The Morgan fingerprint density at radius 1 is 1.05 bits per heavy atom. The van der Waals surface area contributed by atoms with Gasteiger partial charge < -0.3 is 5.32 Å². The van der Waals surface area contributed by atoms with Crippen molar-refractivity contribution in [3.8, 4) is 0 Å². The SMILES string of the molecule is CCCCC(CC)CNCc1ccc(C(C)C)cc1. The van der Waals surface area contributed by atoms with Crippen LogP contribution >= 0.6 is 0 Å². The first kappa shape index (κ1) is 16.2. The van der Waals surface area contributed by atoms with Gasteiger partial charge in [-0.25, -0.2) is 0 Å². The highest BCUT2D eigenvalue weighted by Crippen LogP contribution is 2.15. The minimum Gasteiger partial charge on any atom is -0.312 e. The molecule has 0 bridgehead atoms. The van der Waals surface area contributed by atoms with Crippen LogP contribution in [-0.4, -0.2) is 6.54 Å². The molecule has 1 nitrogen and oxygen atoms in total. The molecule has 1 heteroatoms. The van der Waals surface area contributed by atoms with Crippen LogP contribution in [0.4, 0.5) is 0 Å². The van der Waals surface area contributed by atoms with Crippen LogP contribution < -0.4 is 5.32 Å². The van der Waals surface area contributed by atoms with Crippen molar-refractivity contribution in [1.29, 1.82) is 0 Å². The average Bonchev–Trinajstić information content (AvgIpc) is 2.43. The lowest BCUT2D eigenvalue weighted by Gasteiger charge is -2.15. The summed E-state index contributed by atoms with van der Waals surface area (Å²) < 4.78 is 0. The first-order valence-electron chi connectivity index (χ1n) is 7.96. The van der Waals surface area contributed by atoms with E-state index in [0.29, 0.717) is 5.92 Å². The molecule has 0 radical (unpaired) electrons. The maximum absolute atomic E-state index is 3.61. The predicted molar refractivity (Wildman–Crippen MR) is 85.5 cm³/mol. The second-order valence-electron chi connectivity index (χ2n) is 5.94. The second-order valence-corrected chi connectivity index (χ2v) is 5.94. The van der Waals surface area contributed by atoms with Gasteiger partial charge in [0.2, 0.25) is 0 Å². The summed E-state index contributed by atoms with van der Waals surface area (Å²) in [5, 5.41) is 3.61. The fraction of sp³-hybridized carbons (Fsp3) is 0.667. The molecule has 0 aliphatic carbocycles. The van der Waals surface area contributed by atoms with Crippen LogP contribution in [0.25, 0.3) is 0 Å². The standard InChI is InChI=1S/C18H31N/c1-5-7-8-16(6-2)13-19-14-17-9-11-18(12-10-17)15(3)4/h9-12,15-16,19H,5-8,13-14H2,1-4H3. The summed E-state index contributed by atoms with van der Waals surface area (Å²) in [6.07, 6.45) is 5.34. The van der Waals surface area contributed by atoms with Crippen LogP contribution in [0.5, 0.6) is 0 Å². The van der Waals surface area contributed by atoms with Crippen molar-refractivity contribution in [2.24, 2.45) is 5.92 Å². The molecule has 1 rings (SSSR count). The van der Waals surface area contributed by atoms with E-state index in [1.807, 2.05) is 0 Å². The summed E-state index contributed by atoms with van der Waals surface area (Å²) in [6.45, 7) is 11.2. The highest BCUT2D eigenvalue weighted by molar-refractivity contribution is 5.24. The van der Waals surface area contributed by atoms with Crippen LogP contribution in [0, 0.1) is 5.92 Å². The number of hydrogen-bond donors (Lipinski definition) is 1. The van der Waals surface area contributed by atoms with Gasteiger partial charge in [-0.15, -0.1) is 0 Å². The summed E-state index contributed by atoms with van der Waals surface area (Å²) >= 11 is 0. The third-order valence-corrected chi connectivity index (χ3v) is 3.95. The van der Waals surface area contributed by atoms with Gasteiger partial charge in [0.15, 0.2) is 0 Å². The lowest BCUT2D eigenvalue weighted by atomic mass is 9.99. The zero-order valence-electron chi connectivity index (χ0n) is 13.2. The van der Waals surface area contributed by atoms with Gasteiger partial charge in [-0.05, 0) is 35.9 Å². The summed E-state index contributed by atoms with van der Waals surface area (Å²) in [4.78, 5) is 0. The molecule has 0 heterocycles. The number of hydrogen-bond acceptors (Lipinski definition) is 1. The molecule has 0 aromatic heterocycles. The summed E-state index contributed by atoms with van der Waals surface area (Å²) in [5.74, 6) is 1.47. The molecular formula is C18H31N.